The molecule has 2 aromatic carbocycles. The molecule has 28 heavy (non-hydrogen) atoms. The lowest BCUT2D eigenvalue weighted by Gasteiger charge is -2.17. The zero-order valence-electron chi connectivity index (χ0n) is 15.7. The lowest BCUT2D eigenvalue weighted by molar-refractivity contribution is -0.138. The molecule has 0 aliphatic carbocycles. The van der Waals surface area contributed by atoms with E-state index in [9.17, 15) is 14.4 Å². The molecule has 1 fully saturated rings. The number of carboxylic acid groups (broad SMARTS) is 1. The second kappa shape index (κ2) is 8.12. The third-order valence-electron chi connectivity index (χ3n) is 4.45. The molecule has 7 heteroatoms. The number of carbonyl (C=O) groups is 3. The number of amides is 2. The number of ether oxygens (including phenoxy) is 1. The van der Waals surface area contributed by atoms with Gasteiger partial charge in [-0.1, -0.05) is 18.2 Å². The molecule has 2 amide bonds. The monoisotopic (exact) mass is 382 g/mol. The summed E-state index contributed by atoms with van der Waals surface area (Å²) in [5.74, 6) is -1.38. The molecule has 0 aromatic heterocycles. The zero-order valence-corrected chi connectivity index (χ0v) is 15.7. The van der Waals surface area contributed by atoms with Crippen LogP contribution in [0.1, 0.15) is 42.1 Å². The minimum Gasteiger partial charge on any atom is -0.491 e. The Hall–Kier alpha value is -3.35. The lowest BCUT2D eigenvalue weighted by atomic mass is 9.97. The molecule has 1 unspecified atom stereocenters. The minimum atomic E-state index is -1.04. The van der Waals surface area contributed by atoms with E-state index >= 15 is 0 Å². The van der Waals surface area contributed by atoms with Crippen molar-refractivity contribution in [3.63, 3.8) is 0 Å². The van der Waals surface area contributed by atoms with Crippen molar-refractivity contribution in [1.29, 1.82) is 0 Å². The van der Waals surface area contributed by atoms with Crippen LogP contribution in [-0.4, -0.2) is 40.6 Å². The Kier molecular flexibility index (Phi) is 5.63. The van der Waals surface area contributed by atoms with Gasteiger partial charge in [-0.05, 0) is 49.7 Å². The number of imide groups is 1. The van der Waals surface area contributed by atoms with Crippen LogP contribution < -0.4 is 10.1 Å². The Morgan fingerprint density at radius 3 is 2.57 bits per heavy atom. The SMILES string of the molecule is CC(C)Oc1ccc(C2CC(=O)N(CNc3cccc(C(=O)O)c3)C2=O)cc1. The van der Waals surface area contributed by atoms with Crippen molar-refractivity contribution < 1.29 is 24.2 Å². The van der Waals surface area contributed by atoms with Gasteiger partial charge in [0.2, 0.25) is 11.8 Å². The van der Waals surface area contributed by atoms with Gasteiger partial charge in [0.25, 0.3) is 0 Å². The van der Waals surface area contributed by atoms with Gasteiger partial charge >= 0.3 is 5.97 Å². The molecule has 0 spiro atoms. The van der Waals surface area contributed by atoms with E-state index in [2.05, 4.69) is 5.32 Å². The molecular formula is C21H22N2O5. The highest BCUT2D eigenvalue weighted by Gasteiger charge is 2.39. The molecule has 3 rings (SSSR count). The van der Waals surface area contributed by atoms with Crippen molar-refractivity contribution in [2.45, 2.75) is 32.3 Å². The third-order valence-corrected chi connectivity index (χ3v) is 4.45. The number of nitrogens with one attached hydrogen (secondary N) is 1. The number of carbonyl (C=O) groups excluding carboxylic acids is 2. The predicted octanol–water partition coefficient (Wildman–Crippen LogP) is 3.08. The van der Waals surface area contributed by atoms with Crippen LogP contribution in [-0.2, 0) is 9.59 Å². The summed E-state index contributed by atoms with van der Waals surface area (Å²) in [7, 11) is 0. The van der Waals surface area contributed by atoms with Gasteiger partial charge in [-0.3, -0.25) is 14.5 Å². The van der Waals surface area contributed by atoms with Gasteiger partial charge in [-0.25, -0.2) is 4.79 Å². The van der Waals surface area contributed by atoms with E-state index < -0.39 is 11.9 Å². The molecule has 146 valence electrons. The van der Waals surface area contributed by atoms with E-state index in [0.29, 0.717) is 11.4 Å². The average Bonchev–Trinajstić information content (AvgIpc) is 2.94. The molecule has 1 heterocycles. The van der Waals surface area contributed by atoms with Gasteiger partial charge in [0, 0.05) is 12.1 Å². The number of hydrogen-bond acceptors (Lipinski definition) is 5. The fourth-order valence-electron chi connectivity index (χ4n) is 3.09. The first-order valence-corrected chi connectivity index (χ1v) is 9.03. The van der Waals surface area contributed by atoms with Crippen LogP contribution in [0.3, 0.4) is 0 Å². The van der Waals surface area contributed by atoms with E-state index in [-0.39, 0.29) is 36.6 Å². The van der Waals surface area contributed by atoms with Crippen molar-refractivity contribution in [1.82, 2.24) is 4.90 Å². The molecule has 1 saturated heterocycles. The fourth-order valence-corrected chi connectivity index (χ4v) is 3.09. The van der Waals surface area contributed by atoms with Gasteiger partial charge in [0.1, 0.15) is 5.75 Å². The van der Waals surface area contributed by atoms with E-state index in [4.69, 9.17) is 9.84 Å². The minimum absolute atomic E-state index is 0.00815. The highest BCUT2D eigenvalue weighted by molar-refractivity contribution is 6.06. The summed E-state index contributed by atoms with van der Waals surface area (Å²) in [6, 6.07) is 13.4. The van der Waals surface area contributed by atoms with Crippen molar-refractivity contribution >= 4 is 23.5 Å². The van der Waals surface area contributed by atoms with Gasteiger partial charge in [-0.15, -0.1) is 0 Å². The van der Waals surface area contributed by atoms with Gasteiger partial charge < -0.3 is 15.2 Å². The van der Waals surface area contributed by atoms with Crippen LogP contribution in [0.15, 0.2) is 48.5 Å². The largest absolute Gasteiger partial charge is 0.491 e. The Morgan fingerprint density at radius 2 is 1.93 bits per heavy atom. The number of nitrogens with zero attached hydrogens (tertiary/aromatic N) is 1. The average molecular weight is 382 g/mol. The topological polar surface area (TPSA) is 95.9 Å². The number of rotatable bonds is 7. The van der Waals surface area contributed by atoms with E-state index in [0.717, 1.165) is 10.5 Å². The molecule has 2 N–H and O–H groups in total. The summed E-state index contributed by atoms with van der Waals surface area (Å²) < 4.78 is 5.60. The number of likely N-dealkylation sites (tertiary alicyclic amines) is 1. The first-order chi connectivity index (χ1) is 13.3. The lowest BCUT2D eigenvalue weighted by Crippen LogP contribution is -2.35. The van der Waals surface area contributed by atoms with E-state index in [1.165, 1.54) is 12.1 Å². The Balaban J connectivity index is 1.66. The highest BCUT2D eigenvalue weighted by Crippen LogP contribution is 2.30. The van der Waals surface area contributed by atoms with E-state index in [1.807, 2.05) is 13.8 Å². The van der Waals surface area contributed by atoms with Gasteiger partial charge in [0.05, 0.1) is 24.3 Å². The molecular weight excluding hydrogens is 360 g/mol. The maximum absolute atomic E-state index is 12.7. The van der Waals surface area contributed by atoms with E-state index in [1.54, 1.807) is 36.4 Å². The third kappa shape index (κ3) is 4.31. The number of anilines is 1. The standard InChI is InChI=1S/C21H22N2O5/c1-13(2)28-17-8-6-14(7-9-17)18-11-19(24)23(20(18)25)12-22-16-5-3-4-15(10-16)21(26)27/h3-10,13,18,22H,11-12H2,1-2H3,(H,26,27). The number of benzene rings is 2. The Bertz CT molecular complexity index is 892. The van der Waals surface area contributed by atoms with Crippen LogP contribution in [0.4, 0.5) is 5.69 Å². The van der Waals surface area contributed by atoms with Crippen molar-refractivity contribution in [2.24, 2.45) is 0 Å². The van der Waals surface area contributed by atoms with Crippen LogP contribution in [0.2, 0.25) is 0 Å². The van der Waals surface area contributed by atoms with Gasteiger partial charge in [-0.2, -0.15) is 0 Å². The molecule has 0 bridgehead atoms. The molecule has 2 aromatic rings. The zero-order chi connectivity index (χ0) is 20.3. The van der Waals surface area contributed by atoms with Crippen molar-refractivity contribution in [3.8, 4) is 5.75 Å². The number of aromatic carboxylic acids is 1. The Labute approximate surface area is 162 Å². The highest BCUT2D eigenvalue weighted by atomic mass is 16.5. The normalized spacial score (nSPS) is 16.5. The number of carboxylic acids is 1. The quantitative estimate of drug-likeness (QED) is 0.715. The first kappa shape index (κ1) is 19.4. The molecule has 1 atom stereocenters. The molecule has 0 radical (unpaired) electrons. The summed E-state index contributed by atoms with van der Waals surface area (Å²) >= 11 is 0. The maximum atomic E-state index is 12.7. The fraction of sp³-hybridized carbons (Fsp3) is 0.286. The van der Waals surface area contributed by atoms with Crippen LogP contribution in [0.5, 0.6) is 5.75 Å². The smallest absolute Gasteiger partial charge is 0.335 e. The first-order valence-electron chi connectivity index (χ1n) is 9.03. The van der Waals surface area contributed by atoms with Crippen LogP contribution in [0.25, 0.3) is 0 Å². The van der Waals surface area contributed by atoms with Crippen molar-refractivity contribution in [2.75, 3.05) is 12.0 Å². The predicted molar refractivity (Wildman–Crippen MR) is 103 cm³/mol. The summed E-state index contributed by atoms with van der Waals surface area (Å²) in [6.07, 6.45) is 0.168. The second-order valence-electron chi connectivity index (χ2n) is 6.87. The Morgan fingerprint density at radius 1 is 1.21 bits per heavy atom. The van der Waals surface area contributed by atoms with Crippen molar-refractivity contribution in [3.05, 3.63) is 59.7 Å². The maximum Gasteiger partial charge on any atom is 0.335 e. The molecule has 1 aliphatic heterocycles. The summed E-state index contributed by atoms with van der Waals surface area (Å²) in [5, 5.41) is 12.0. The summed E-state index contributed by atoms with van der Waals surface area (Å²) in [5.41, 5.74) is 1.43. The molecule has 0 saturated carbocycles. The summed E-state index contributed by atoms with van der Waals surface area (Å²) in [4.78, 5) is 37.2. The second-order valence-corrected chi connectivity index (χ2v) is 6.87. The number of hydrogen-bond donors (Lipinski definition) is 2. The van der Waals surface area contributed by atoms with Crippen LogP contribution >= 0.6 is 0 Å². The van der Waals surface area contributed by atoms with Gasteiger partial charge in [0.15, 0.2) is 0 Å². The molecule has 1 aliphatic rings. The molecule has 7 nitrogen and oxygen atoms in total. The summed E-state index contributed by atoms with van der Waals surface area (Å²) in [6.45, 7) is 3.86. The van der Waals surface area contributed by atoms with Crippen LogP contribution in [0, 0.1) is 0 Å².